The quantitative estimate of drug-likeness (QED) is 0.468. The molecule has 1 aromatic carbocycles. The summed E-state index contributed by atoms with van der Waals surface area (Å²) < 4.78 is 53.0. The van der Waals surface area contributed by atoms with E-state index in [4.69, 9.17) is 11.5 Å². The highest BCUT2D eigenvalue weighted by atomic mass is 19.4. The van der Waals surface area contributed by atoms with Gasteiger partial charge in [-0.05, 0) is 54.2 Å². The molecule has 2 rings (SSSR count). The number of aliphatic hydroxyl groups is 1. The van der Waals surface area contributed by atoms with E-state index in [1.807, 2.05) is 0 Å². The summed E-state index contributed by atoms with van der Waals surface area (Å²) in [5, 5.41) is 13.1. The number of alkyl halides is 3. The van der Waals surface area contributed by atoms with Gasteiger partial charge in [0, 0.05) is 18.8 Å². The standard InChI is InChI=1S/C19H23F4N3O.C5H12/c1-11(18(27,9-24)19(21,22)23)8-15-16(26-10-17(15,3)25)12(2)13-4-6-14(20)7-5-13;1-4-5(2)3/h4-8,26-27H,2,9-10,24-25H2,1,3H3;5H,4H2,1-3H3/b11-8+;. The third-order valence-electron chi connectivity index (χ3n) is 5.61. The zero-order valence-electron chi connectivity index (χ0n) is 19.4. The first-order valence-corrected chi connectivity index (χ1v) is 10.5. The molecule has 0 radical (unpaired) electrons. The van der Waals surface area contributed by atoms with Crippen molar-refractivity contribution in [2.45, 2.75) is 58.4 Å². The number of hydrogen-bond acceptors (Lipinski definition) is 4. The molecule has 0 saturated carbocycles. The van der Waals surface area contributed by atoms with Gasteiger partial charge in [0.15, 0.2) is 5.60 Å². The number of nitrogens with one attached hydrogen (secondary N) is 1. The molecule has 180 valence electrons. The van der Waals surface area contributed by atoms with Gasteiger partial charge in [0.05, 0.1) is 5.54 Å². The minimum Gasteiger partial charge on any atom is -0.382 e. The summed E-state index contributed by atoms with van der Waals surface area (Å²) in [5.74, 6) is 0.465. The topological polar surface area (TPSA) is 84.3 Å². The molecule has 2 unspecified atom stereocenters. The second kappa shape index (κ2) is 10.6. The highest BCUT2D eigenvalue weighted by molar-refractivity contribution is 5.80. The first kappa shape index (κ1) is 27.9. The van der Waals surface area contributed by atoms with Crippen LogP contribution in [0.15, 0.2) is 53.8 Å². The van der Waals surface area contributed by atoms with Crippen molar-refractivity contribution in [3.05, 3.63) is 65.1 Å². The van der Waals surface area contributed by atoms with Crippen LogP contribution in [0.5, 0.6) is 0 Å². The van der Waals surface area contributed by atoms with Gasteiger partial charge in [0.2, 0.25) is 0 Å². The molecule has 1 aliphatic heterocycles. The molecule has 0 fully saturated rings. The summed E-state index contributed by atoms with van der Waals surface area (Å²) in [6, 6.07) is 5.54. The molecule has 1 heterocycles. The van der Waals surface area contributed by atoms with Crippen LogP contribution in [-0.2, 0) is 0 Å². The molecular formula is C24H35F4N3O. The first-order valence-electron chi connectivity index (χ1n) is 10.5. The van der Waals surface area contributed by atoms with E-state index in [2.05, 4.69) is 32.7 Å². The van der Waals surface area contributed by atoms with Crippen molar-refractivity contribution in [2.75, 3.05) is 13.1 Å². The fourth-order valence-corrected chi connectivity index (χ4v) is 2.89. The van der Waals surface area contributed by atoms with E-state index in [0.29, 0.717) is 22.4 Å². The number of hydrogen-bond donors (Lipinski definition) is 4. The molecular weight excluding hydrogens is 422 g/mol. The van der Waals surface area contributed by atoms with Crippen molar-refractivity contribution in [3.8, 4) is 0 Å². The molecule has 0 spiro atoms. The number of benzene rings is 1. The van der Waals surface area contributed by atoms with E-state index >= 15 is 0 Å². The van der Waals surface area contributed by atoms with E-state index in [9.17, 15) is 22.7 Å². The summed E-state index contributed by atoms with van der Waals surface area (Å²) in [4.78, 5) is 0. The summed E-state index contributed by atoms with van der Waals surface area (Å²) in [7, 11) is 0. The Morgan fingerprint density at radius 3 is 2.19 bits per heavy atom. The minimum atomic E-state index is -4.94. The Balaban J connectivity index is 0.000000920. The molecule has 0 aromatic heterocycles. The largest absolute Gasteiger partial charge is 0.422 e. The third-order valence-corrected chi connectivity index (χ3v) is 5.61. The molecule has 0 saturated heterocycles. The van der Waals surface area contributed by atoms with Crippen molar-refractivity contribution in [3.63, 3.8) is 0 Å². The molecule has 1 aliphatic rings. The number of nitrogens with two attached hydrogens (primary N) is 2. The fourth-order valence-electron chi connectivity index (χ4n) is 2.89. The third kappa shape index (κ3) is 6.43. The summed E-state index contributed by atoms with van der Waals surface area (Å²) in [6.07, 6.45) is -2.43. The predicted octanol–water partition coefficient (Wildman–Crippen LogP) is 4.66. The zero-order valence-corrected chi connectivity index (χ0v) is 19.4. The number of halogens is 4. The van der Waals surface area contributed by atoms with Crippen molar-refractivity contribution >= 4 is 5.57 Å². The average molecular weight is 458 g/mol. The van der Waals surface area contributed by atoms with Crippen molar-refractivity contribution < 1.29 is 22.7 Å². The SMILES string of the molecule is C=C(C1=C(/C=C(\C)C(O)(CN)C(F)(F)F)C(C)(N)CN1)c1ccc(F)cc1.CCC(C)C. The lowest BCUT2D eigenvalue weighted by atomic mass is 9.86. The van der Waals surface area contributed by atoms with Crippen LogP contribution in [0.3, 0.4) is 0 Å². The van der Waals surface area contributed by atoms with Crippen LogP contribution in [0.4, 0.5) is 17.6 Å². The minimum absolute atomic E-state index is 0.259. The zero-order chi connectivity index (χ0) is 24.9. The van der Waals surface area contributed by atoms with Gasteiger partial charge in [-0.2, -0.15) is 13.2 Å². The molecule has 32 heavy (non-hydrogen) atoms. The summed E-state index contributed by atoms with van der Waals surface area (Å²) in [6.45, 7) is 12.6. The Morgan fingerprint density at radius 2 is 1.78 bits per heavy atom. The van der Waals surface area contributed by atoms with Crippen LogP contribution < -0.4 is 16.8 Å². The average Bonchev–Trinajstić information content (AvgIpc) is 3.01. The van der Waals surface area contributed by atoms with E-state index < -0.39 is 29.7 Å². The Hall–Kier alpha value is -2.16. The Kier molecular flexibility index (Phi) is 9.27. The molecule has 0 bridgehead atoms. The van der Waals surface area contributed by atoms with Crippen molar-refractivity contribution in [2.24, 2.45) is 17.4 Å². The van der Waals surface area contributed by atoms with Gasteiger partial charge in [-0.15, -0.1) is 0 Å². The van der Waals surface area contributed by atoms with Gasteiger partial charge in [0.1, 0.15) is 5.82 Å². The van der Waals surface area contributed by atoms with Gasteiger partial charge >= 0.3 is 6.18 Å². The van der Waals surface area contributed by atoms with E-state index in [1.54, 1.807) is 6.92 Å². The van der Waals surface area contributed by atoms with E-state index in [0.717, 1.165) is 12.8 Å². The highest BCUT2D eigenvalue weighted by Gasteiger charge is 2.54. The smallest absolute Gasteiger partial charge is 0.382 e. The van der Waals surface area contributed by atoms with Gasteiger partial charge in [-0.25, -0.2) is 4.39 Å². The summed E-state index contributed by atoms with van der Waals surface area (Å²) >= 11 is 0. The van der Waals surface area contributed by atoms with Gasteiger partial charge in [-0.1, -0.05) is 52.0 Å². The monoisotopic (exact) mass is 457 g/mol. The normalized spacial score (nSPS) is 21.1. The summed E-state index contributed by atoms with van der Waals surface area (Å²) in [5.41, 5.74) is 8.73. The van der Waals surface area contributed by atoms with Crippen LogP contribution in [-0.4, -0.2) is 35.5 Å². The van der Waals surface area contributed by atoms with Crippen molar-refractivity contribution in [1.29, 1.82) is 0 Å². The molecule has 1 aromatic rings. The Labute approximate surface area is 188 Å². The predicted molar refractivity (Wildman–Crippen MR) is 122 cm³/mol. The molecule has 6 N–H and O–H groups in total. The van der Waals surface area contributed by atoms with Crippen LogP contribution in [0.2, 0.25) is 0 Å². The first-order chi connectivity index (χ1) is 14.6. The van der Waals surface area contributed by atoms with Crippen molar-refractivity contribution in [1.82, 2.24) is 5.32 Å². The molecule has 0 aliphatic carbocycles. The Bertz CT molecular complexity index is 855. The fraction of sp³-hybridized carbons (Fsp3) is 0.500. The van der Waals surface area contributed by atoms with Crippen LogP contribution >= 0.6 is 0 Å². The lowest BCUT2D eigenvalue weighted by Gasteiger charge is -2.31. The number of allylic oxidation sites excluding steroid dienone is 1. The Morgan fingerprint density at radius 1 is 1.28 bits per heavy atom. The van der Waals surface area contributed by atoms with Crippen LogP contribution in [0.25, 0.3) is 5.57 Å². The number of rotatable bonds is 6. The van der Waals surface area contributed by atoms with Gasteiger partial charge < -0.3 is 21.9 Å². The van der Waals surface area contributed by atoms with Gasteiger partial charge in [-0.3, -0.25) is 0 Å². The molecule has 0 amide bonds. The van der Waals surface area contributed by atoms with E-state index in [1.165, 1.54) is 36.8 Å². The molecule has 4 nitrogen and oxygen atoms in total. The van der Waals surface area contributed by atoms with Gasteiger partial charge in [0.25, 0.3) is 0 Å². The lowest BCUT2D eigenvalue weighted by molar-refractivity contribution is -0.239. The van der Waals surface area contributed by atoms with E-state index in [-0.39, 0.29) is 12.1 Å². The second-order valence-electron chi connectivity index (χ2n) is 8.74. The molecule has 8 heteroatoms. The van der Waals surface area contributed by atoms with Crippen LogP contribution in [0.1, 0.15) is 46.6 Å². The maximum absolute atomic E-state index is 13.3. The maximum Gasteiger partial charge on any atom is 0.422 e. The second-order valence-corrected chi connectivity index (χ2v) is 8.74. The van der Waals surface area contributed by atoms with Crippen LogP contribution in [0, 0.1) is 11.7 Å². The maximum atomic E-state index is 13.3. The lowest BCUT2D eigenvalue weighted by Crippen LogP contribution is -2.52. The molecule has 2 atom stereocenters. The highest BCUT2D eigenvalue weighted by Crippen LogP contribution is 2.38.